The van der Waals surface area contributed by atoms with E-state index in [1.165, 1.54) is 51.4 Å². The first-order chi connectivity index (χ1) is 6.93. The van der Waals surface area contributed by atoms with Gasteiger partial charge in [0.15, 0.2) is 0 Å². The molecule has 1 fully saturated rings. The molecule has 0 amide bonds. The third-order valence-electron chi connectivity index (χ3n) is 3.02. The van der Waals surface area contributed by atoms with Crippen LogP contribution in [0, 0.1) is 0 Å². The Hall–Kier alpha value is -0.530. The lowest BCUT2D eigenvalue weighted by Gasteiger charge is -2.13. The molecule has 2 nitrogen and oxygen atoms in total. The smallest absolute Gasteiger partial charge is 0.417 e. The molecule has 0 N–H and O–H groups in total. The van der Waals surface area contributed by atoms with Crippen molar-refractivity contribution in [1.82, 2.24) is 0 Å². The maximum Gasteiger partial charge on any atom is 0.417 e. The molecule has 0 aromatic heterocycles. The van der Waals surface area contributed by atoms with Gasteiger partial charge in [-0.25, -0.2) is 4.79 Å². The van der Waals surface area contributed by atoms with E-state index in [0.717, 1.165) is 12.8 Å². The van der Waals surface area contributed by atoms with E-state index in [-0.39, 0.29) is 6.10 Å². The second kappa shape index (κ2) is 7.84. The van der Waals surface area contributed by atoms with Gasteiger partial charge in [0.25, 0.3) is 0 Å². The fourth-order valence-electron chi connectivity index (χ4n) is 2.13. The lowest BCUT2D eigenvalue weighted by Crippen LogP contribution is -2.11. The normalized spacial score (nSPS) is 22.3. The number of hydrogen-bond donors (Lipinski definition) is 0. The predicted molar refractivity (Wildman–Crippen MR) is 56.7 cm³/mol. The minimum absolute atomic E-state index is 0.144. The minimum Gasteiger partial charge on any atom is -0.454 e. The van der Waals surface area contributed by atoms with Crippen molar-refractivity contribution in [3.63, 3.8) is 0 Å². The van der Waals surface area contributed by atoms with Crippen molar-refractivity contribution in [1.29, 1.82) is 0 Å². The van der Waals surface area contributed by atoms with Crippen LogP contribution in [0.5, 0.6) is 0 Å². The molecule has 0 heterocycles. The van der Waals surface area contributed by atoms with Crippen molar-refractivity contribution in [3.05, 3.63) is 0 Å². The molecule has 81 valence electrons. The van der Waals surface area contributed by atoms with Crippen molar-refractivity contribution in [2.75, 3.05) is 0 Å². The number of hydrogen-bond acceptors (Lipinski definition) is 2. The molecule has 0 unspecified atom stereocenters. The zero-order chi connectivity index (χ0) is 10.1. The van der Waals surface area contributed by atoms with Crippen molar-refractivity contribution in [3.8, 4) is 0 Å². The second-order valence-corrected chi connectivity index (χ2v) is 4.23. The minimum atomic E-state index is 0.144. The Kier molecular flexibility index (Phi) is 6.46. The van der Waals surface area contributed by atoms with Gasteiger partial charge in [0.1, 0.15) is 6.10 Å². The van der Waals surface area contributed by atoms with Crippen LogP contribution in [0.3, 0.4) is 0 Å². The van der Waals surface area contributed by atoms with Crippen LogP contribution < -0.4 is 0 Å². The molecule has 14 heavy (non-hydrogen) atoms. The summed E-state index contributed by atoms with van der Waals surface area (Å²) in [6.07, 6.45) is 12.7. The summed E-state index contributed by atoms with van der Waals surface area (Å²) in [7, 11) is 0. The first-order valence-corrected chi connectivity index (χ1v) is 5.96. The van der Waals surface area contributed by atoms with Gasteiger partial charge in [0, 0.05) is 0 Å². The Morgan fingerprint density at radius 3 is 1.64 bits per heavy atom. The highest BCUT2D eigenvalue weighted by Crippen LogP contribution is 2.18. The lowest BCUT2D eigenvalue weighted by atomic mass is 10.1. The summed E-state index contributed by atoms with van der Waals surface area (Å²) in [6, 6.07) is 0. The molecule has 0 aromatic rings. The third kappa shape index (κ3) is 5.25. The molecule has 1 aliphatic carbocycles. The van der Waals surface area contributed by atoms with E-state index < -0.39 is 0 Å². The molecular formula is C12H21O2. The fourth-order valence-corrected chi connectivity index (χ4v) is 2.13. The van der Waals surface area contributed by atoms with Gasteiger partial charge >= 0.3 is 6.47 Å². The number of rotatable bonds is 2. The Morgan fingerprint density at radius 2 is 1.21 bits per heavy atom. The predicted octanol–water partition coefficient (Wildman–Crippen LogP) is 3.35. The first-order valence-electron chi connectivity index (χ1n) is 5.96. The first kappa shape index (κ1) is 11.5. The fraction of sp³-hybridized carbons (Fsp3) is 0.917. The SMILES string of the molecule is O=[C]OC1CCCCCCCCCC1. The largest absolute Gasteiger partial charge is 0.454 e. The van der Waals surface area contributed by atoms with Crippen molar-refractivity contribution < 1.29 is 9.53 Å². The highest BCUT2D eigenvalue weighted by Gasteiger charge is 2.09. The quantitative estimate of drug-likeness (QED) is 0.678. The summed E-state index contributed by atoms with van der Waals surface area (Å²) in [5.74, 6) is 0. The van der Waals surface area contributed by atoms with E-state index in [1.54, 1.807) is 6.47 Å². The molecule has 0 spiro atoms. The average Bonchev–Trinajstić information content (AvgIpc) is 2.24. The topological polar surface area (TPSA) is 26.3 Å². The zero-order valence-electron chi connectivity index (χ0n) is 8.96. The highest BCUT2D eigenvalue weighted by molar-refractivity contribution is 5.38. The summed E-state index contributed by atoms with van der Waals surface area (Å²) < 4.78 is 4.95. The van der Waals surface area contributed by atoms with Crippen LogP contribution in [0.4, 0.5) is 0 Å². The molecule has 0 bridgehead atoms. The summed E-state index contributed by atoms with van der Waals surface area (Å²) in [6.45, 7) is 1.59. The highest BCUT2D eigenvalue weighted by atomic mass is 16.5. The molecule has 0 aromatic carbocycles. The Balaban J connectivity index is 2.23. The van der Waals surface area contributed by atoms with Crippen LogP contribution in [0.25, 0.3) is 0 Å². The van der Waals surface area contributed by atoms with Crippen LogP contribution in [-0.4, -0.2) is 12.6 Å². The molecule has 1 saturated carbocycles. The van der Waals surface area contributed by atoms with Crippen LogP contribution in [0.2, 0.25) is 0 Å². The summed E-state index contributed by atoms with van der Waals surface area (Å²) in [5.41, 5.74) is 0. The van der Waals surface area contributed by atoms with Gasteiger partial charge in [-0.1, -0.05) is 38.5 Å². The Labute approximate surface area is 87.0 Å². The summed E-state index contributed by atoms with van der Waals surface area (Å²) in [4.78, 5) is 10.1. The average molecular weight is 197 g/mol. The molecule has 1 aliphatic rings. The maximum atomic E-state index is 10.1. The van der Waals surface area contributed by atoms with E-state index in [1.807, 2.05) is 0 Å². The number of carbonyl (C=O) groups excluding carboxylic acids is 1. The van der Waals surface area contributed by atoms with Gasteiger partial charge < -0.3 is 4.74 Å². The van der Waals surface area contributed by atoms with E-state index in [9.17, 15) is 4.79 Å². The van der Waals surface area contributed by atoms with E-state index in [0.29, 0.717) is 0 Å². The van der Waals surface area contributed by atoms with Crippen LogP contribution in [0.1, 0.15) is 64.2 Å². The van der Waals surface area contributed by atoms with E-state index in [4.69, 9.17) is 4.74 Å². The third-order valence-corrected chi connectivity index (χ3v) is 3.02. The van der Waals surface area contributed by atoms with Gasteiger partial charge in [-0.3, -0.25) is 0 Å². The van der Waals surface area contributed by atoms with Gasteiger partial charge in [-0.2, -0.15) is 0 Å². The molecule has 0 aliphatic heterocycles. The van der Waals surface area contributed by atoms with E-state index in [2.05, 4.69) is 0 Å². The van der Waals surface area contributed by atoms with Crippen LogP contribution >= 0.6 is 0 Å². The standard InChI is InChI=1S/C12H21O2/c13-11-14-12-9-7-5-3-1-2-4-6-8-10-12/h12H,1-10H2. The molecule has 0 atom stereocenters. The molecule has 0 saturated heterocycles. The second-order valence-electron chi connectivity index (χ2n) is 4.23. The summed E-state index contributed by atoms with van der Waals surface area (Å²) in [5, 5.41) is 0. The molecular weight excluding hydrogens is 176 g/mol. The molecule has 1 radical (unpaired) electrons. The Morgan fingerprint density at radius 1 is 0.786 bits per heavy atom. The van der Waals surface area contributed by atoms with Crippen LogP contribution in [0.15, 0.2) is 0 Å². The number of ether oxygens (including phenoxy) is 1. The van der Waals surface area contributed by atoms with E-state index >= 15 is 0 Å². The Bertz CT molecular complexity index is 133. The van der Waals surface area contributed by atoms with Gasteiger partial charge in [0.2, 0.25) is 0 Å². The summed E-state index contributed by atoms with van der Waals surface area (Å²) >= 11 is 0. The maximum absolute atomic E-state index is 10.1. The monoisotopic (exact) mass is 197 g/mol. The van der Waals surface area contributed by atoms with Gasteiger partial charge in [0.05, 0.1) is 0 Å². The lowest BCUT2D eigenvalue weighted by molar-refractivity contribution is 0.151. The zero-order valence-corrected chi connectivity index (χ0v) is 8.96. The molecule has 1 rings (SSSR count). The molecule has 2 heteroatoms. The van der Waals surface area contributed by atoms with Gasteiger partial charge in [-0.15, -0.1) is 0 Å². The van der Waals surface area contributed by atoms with Crippen molar-refractivity contribution in [2.24, 2.45) is 0 Å². The van der Waals surface area contributed by atoms with Gasteiger partial charge in [-0.05, 0) is 25.7 Å². The van der Waals surface area contributed by atoms with Crippen LogP contribution in [-0.2, 0) is 9.53 Å². The van der Waals surface area contributed by atoms with Crippen molar-refractivity contribution >= 4 is 6.47 Å². The van der Waals surface area contributed by atoms with Crippen molar-refractivity contribution in [2.45, 2.75) is 70.3 Å².